The van der Waals surface area contributed by atoms with Gasteiger partial charge in [-0.2, -0.15) is 0 Å². The van der Waals surface area contributed by atoms with E-state index in [1.165, 1.54) is 0 Å². The van der Waals surface area contributed by atoms with E-state index in [-0.39, 0.29) is 18.2 Å². The van der Waals surface area contributed by atoms with Crippen molar-refractivity contribution < 1.29 is 13.9 Å². The highest BCUT2D eigenvalue weighted by atomic mass is 19.1. The van der Waals surface area contributed by atoms with Gasteiger partial charge in [0.05, 0.1) is 0 Å². The second-order valence-corrected chi connectivity index (χ2v) is 7.69. The molecule has 0 saturated carbocycles. The molecule has 1 N–H and O–H groups in total. The highest BCUT2D eigenvalue weighted by molar-refractivity contribution is 5.94. The Labute approximate surface area is 165 Å². The Balaban J connectivity index is 1.43. The number of anilines is 1. The van der Waals surface area contributed by atoms with Crippen LogP contribution in [0.2, 0.25) is 0 Å². The van der Waals surface area contributed by atoms with E-state index in [2.05, 4.69) is 5.32 Å². The van der Waals surface area contributed by atoms with E-state index in [4.69, 9.17) is 4.74 Å². The maximum atomic E-state index is 14.1. The lowest BCUT2D eigenvalue weighted by molar-refractivity contribution is -0.120. The number of amides is 1. The highest BCUT2D eigenvalue weighted by Crippen LogP contribution is 2.32. The lowest BCUT2D eigenvalue weighted by atomic mass is 9.91. The molecule has 1 fully saturated rings. The SMILES string of the molecule is O=C(CC1CCNCC1F)N1CCCc2cc(OCc3ccccc3)ccc21. The van der Waals surface area contributed by atoms with Crippen molar-refractivity contribution in [1.29, 1.82) is 0 Å². The molecule has 1 amide bonds. The summed E-state index contributed by atoms with van der Waals surface area (Å²) in [4.78, 5) is 14.7. The Morgan fingerprint density at radius 1 is 1.21 bits per heavy atom. The van der Waals surface area contributed by atoms with Gasteiger partial charge in [-0.1, -0.05) is 30.3 Å². The highest BCUT2D eigenvalue weighted by Gasteiger charge is 2.30. The van der Waals surface area contributed by atoms with E-state index >= 15 is 0 Å². The van der Waals surface area contributed by atoms with Crippen LogP contribution in [-0.2, 0) is 17.8 Å². The van der Waals surface area contributed by atoms with E-state index in [0.717, 1.165) is 48.4 Å². The summed E-state index contributed by atoms with van der Waals surface area (Å²) in [5.41, 5.74) is 3.21. The molecule has 2 aromatic carbocycles. The molecule has 2 atom stereocenters. The Hall–Kier alpha value is -2.40. The largest absolute Gasteiger partial charge is 0.489 e. The van der Waals surface area contributed by atoms with Gasteiger partial charge in [-0.05, 0) is 55.1 Å². The van der Waals surface area contributed by atoms with Crippen molar-refractivity contribution in [2.75, 3.05) is 24.5 Å². The topological polar surface area (TPSA) is 41.6 Å². The summed E-state index contributed by atoms with van der Waals surface area (Å²) in [7, 11) is 0. The van der Waals surface area contributed by atoms with Crippen molar-refractivity contribution in [3.8, 4) is 5.75 Å². The molecule has 1 saturated heterocycles. The van der Waals surface area contributed by atoms with Crippen LogP contribution in [0.4, 0.5) is 10.1 Å². The maximum Gasteiger partial charge on any atom is 0.227 e. The molecular formula is C23H27FN2O2. The van der Waals surface area contributed by atoms with Crippen molar-refractivity contribution in [3.63, 3.8) is 0 Å². The van der Waals surface area contributed by atoms with E-state index in [1.54, 1.807) is 0 Å². The number of fused-ring (bicyclic) bond motifs is 1. The number of nitrogens with one attached hydrogen (secondary N) is 1. The number of ether oxygens (including phenoxy) is 1. The molecule has 0 aromatic heterocycles. The molecule has 2 aromatic rings. The quantitative estimate of drug-likeness (QED) is 0.853. The maximum absolute atomic E-state index is 14.1. The van der Waals surface area contributed by atoms with Gasteiger partial charge in [0.25, 0.3) is 0 Å². The van der Waals surface area contributed by atoms with Gasteiger partial charge in [-0.3, -0.25) is 4.79 Å². The number of halogens is 1. The zero-order valence-corrected chi connectivity index (χ0v) is 16.1. The predicted octanol–water partition coefficient (Wildman–Crippen LogP) is 3.88. The molecule has 0 aliphatic carbocycles. The van der Waals surface area contributed by atoms with E-state index in [0.29, 0.717) is 19.7 Å². The Kier molecular flexibility index (Phi) is 5.91. The summed E-state index contributed by atoms with van der Waals surface area (Å²) in [5, 5.41) is 3.05. The molecule has 2 unspecified atom stereocenters. The van der Waals surface area contributed by atoms with Gasteiger partial charge in [0, 0.05) is 31.1 Å². The Morgan fingerprint density at radius 3 is 2.89 bits per heavy atom. The number of nitrogens with zero attached hydrogens (tertiary/aromatic N) is 1. The molecule has 5 heteroatoms. The zero-order valence-electron chi connectivity index (χ0n) is 16.1. The third-order valence-electron chi connectivity index (χ3n) is 5.70. The number of hydrogen-bond donors (Lipinski definition) is 1. The standard InChI is InChI=1S/C23H27FN2O2/c24-21-15-25-11-10-18(21)14-23(27)26-12-4-7-19-13-20(8-9-22(19)26)28-16-17-5-2-1-3-6-17/h1-3,5-6,8-9,13,18,21,25H,4,7,10-12,14-16H2. The van der Waals surface area contributed by atoms with Crippen LogP contribution in [0, 0.1) is 5.92 Å². The number of rotatable bonds is 5. The van der Waals surface area contributed by atoms with Gasteiger partial charge in [0.15, 0.2) is 0 Å². The van der Waals surface area contributed by atoms with Crippen LogP contribution in [0.1, 0.15) is 30.4 Å². The van der Waals surface area contributed by atoms with Gasteiger partial charge in [-0.15, -0.1) is 0 Å². The van der Waals surface area contributed by atoms with Crippen molar-refractivity contribution in [2.24, 2.45) is 5.92 Å². The smallest absolute Gasteiger partial charge is 0.227 e. The minimum Gasteiger partial charge on any atom is -0.489 e. The van der Waals surface area contributed by atoms with Crippen molar-refractivity contribution >= 4 is 11.6 Å². The average molecular weight is 382 g/mol. The molecule has 2 aliphatic heterocycles. The Bertz CT molecular complexity index is 812. The summed E-state index contributed by atoms with van der Waals surface area (Å²) >= 11 is 0. The number of carbonyl (C=O) groups is 1. The molecule has 2 aliphatic rings. The fourth-order valence-electron chi connectivity index (χ4n) is 4.10. The number of alkyl halides is 1. The van der Waals surface area contributed by atoms with E-state index < -0.39 is 6.17 Å². The summed E-state index contributed by atoms with van der Waals surface area (Å²) in [6.45, 7) is 2.38. The van der Waals surface area contributed by atoms with Gasteiger partial charge >= 0.3 is 0 Å². The minimum atomic E-state index is -0.935. The molecule has 2 heterocycles. The number of hydrogen-bond acceptors (Lipinski definition) is 3. The van der Waals surface area contributed by atoms with Crippen LogP contribution in [0.25, 0.3) is 0 Å². The van der Waals surface area contributed by atoms with Crippen LogP contribution in [-0.4, -0.2) is 31.7 Å². The normalized spacial score (nSPS) is 21.8. The first-order valence-corrected chi connectivity index (χ1v) is 10.2. The number of carbonyl (C=O) groups excluding carboxylic acids is 1. The fraction of sp³-hybridized carbons (Fsp3) is 0.435. The van der Waals surface area contributed by atoms with E-state index in [9.17, 15) is 9.18 Å². The minimum absolute atomic E-state index is 0.0356. The van der Waals surface area contributed by atoms with Crippen molar-refractivity contribution in [2.45, 2.75) is 38.5 Å². The first-order valence-electron chi connectivity index (χ1n) is 10.2. The van der Waals surface area contributed by atoms with Crippen LogP contribution in [0.15, 0.2) is 48.5 Å². The van der Waals surface area contributed by atoms with E-state index in [1.807, 2.05) is 53.4 Å². The van der Waals surface area contributed by atoms with Gasteiger partial charge in [0.2, 0.25) is 5.91 Å². The monoisotopic (exact) mass is 382 g/mol. The lowest BCUT2D eigenvalue weighted by Crippen LogP contribution is -2.42. The summed E-state index contributed by atoms with van der Waals surface area (Å²) in [6.07, 6.45) is 1.93. The van der Waals surface area contributed by atoms with Gasteiger partial charge in [0.1, 0.15) is 18.5 Å². The molecule has 0 spiro atoms. The van der Waals surface area contributed by atoms with Crippen LogP contribution in [0.3, 0.4) is 0 Å². The average Bonchev–Trinajstić information content (AvgIpc) is 2.74. The fourth-order valence-corrected chi connectivity index (χ4v) is 4.10. The molecule has 0 radical (unpaired) electrons. The third-order valence-corrected chi connectivity index (χ3v) is 5.70. The third kappa shape index (κ3) is 4.36. The van der Waals surface area contributed by atoms with Crippen molar-refractivity contribution in [3.05, 3.63) is 59.7 Å². The number of benzene rings is 2. The number of piperidine rings is 1. The molecule has 148 valence electrons. The summed E-state index contributed by atoms with van der Waals surface area (Å²) in [5.74, 6) is 0.681. The lowest BCUT2D eigenvalue weighted by Gasteiger charge is -2.33. The molecule has 0 bridgehead atoms. The summed E-state index contributed by atoms with van der Waals surface area (Å²) in [6, 6.07) is 16.0. The molecular weight excluding hydrogens is 355 g/mol. The first-order chi connectivity index (χ1) is 13.7. The first kappa shape index (κ1) is 18.9. The predicted molar refractivity (Wildman–Crippen MR) is 108 cm³/mol. The van der Waals surface area contributed by atoms with Crippen LogP contribution >= 0.6 is 0 Å². The molecule has 28 heavy (non-hydrogen) atoms. The van der Waals surface area contributed by atoms with Crippen LogP contribution < -0.4 is 15.0 Å². The second kappa shape index (κ2) is 8.74. The molecule has 4 nitrogen and oxygen atoms in total. The van der Waals surface area contributed by atoms with Crippen LogP contribution in [0.5, 0.6) is 5.75 Å². The number of aryl methyl sites for hydroxylation is 1. The second-order valence-electron chi connectivity index (χ2n) is 7.69. The van der Waals surface area contributed by atoms with Gasteiger partial charge < -0.3 is 15.0 Å². The Morgan fingerprint density at radius 2 is 2.07 bits per heavy atom. The zero-order chi connectivity index (χ0) is 19.3. The molecule has 4 rings (SSSR count). The van der Waals surface area contributed by atoms with Gasteiger partial charge in [-0.25, -0.2) is 4.39 Å². The van der Waals surface area contributed by atoms with Crippen molar-refractivity contribution in [1.82, 2.24) is 5.32 Å². The summed E-state index contributed by atoms with van der Waals surface area (Å²) < 4.78 is 20.0.